The standard InChI is InChI=1S/C32H33N7O2/c1-5-38(6-2)15-14-34-32(41)30-20(3)28(36-21(30)4)18-26-25-17-23(10-11-27(25)37-31(26)40)29-12-13-35-39(29)24-9-7-8-22(16-24)19-33/h7-13,16-18,36H,5-6,14-15H2,1-4H3,(H,34,41)(H,37,40)/b26-18-. The average molecular weight is 548 g/mol. The number of nitrogens with zero attached hydrogens (tertiary/aromatic N) is 4. The molecule has 3 heterocycles. The zero-order valence-electron chi connectivity index (χ0n) is 23.7. The van der Waals surface area contributed by atoms with E-state index in [1.807, 2.05) is 56.3 Å². The van der Waals surface area contributed by atoms with E-state index >= 15 is 0 Å². The molecule has 2 aromatic heterocycles. The Morgan fingerprint density at radius 3 is 2.71 bits per heavy atom. The van der Waals surface area contributed by atoms with Crippen LogP contribution in [0, 0.1) is 25.2 Å². The number of fused-ring (bicyclic) bond motifs is 1. The Bertz CT molecular complexity index is 1700. The Morgan fingerprint density at radius 2 is 1.95 bits per heavy atom. The first-order valence-corrected chi connectivity index (χ1v) is 13.8. The third-order valence-electron chi connectivity index (χ3n) is 7.56. The minimum atomic E-state index is -0.204. The van der Waals surface area contributed by atoms with Crippen molar-refractivity contribution in [1.29, 1.82) is 5.26 Å². The van der Waals surface area contributed by atoms with Crippen LogP contribution >= 0.6 is 0 Å². The molecule has 4 aromatic rings. The van der Waals surface area contributed by atoms with Crippen LogP contribution in [-0.4, -0.2) is 57.7 Å². The number of anilines is 1. The molecule has 208 valence electrons. The molecule has 0 atom stereocenters. The Morgan fingerprint density at radius 1 is 1.15 bits per heavy atom. The molecule has 1 aliphatic heterocycles. The lowest BCUT2D eigenvalue weighted by atomic mass is 10.0. The third-order valence-corrected chi connectivity index (χ3v) is 7.56. The Balaban J connectivity index is 1.45. The Labute approximate surface area is 239 Å². The summed E-state index contributed by atoms with van der Waals surface area (Å²) in [4.78, 5) is 31.7. The van der Waals surface area contributed by atoms with Gasteiger partial charge in [0.2, 0.25) is 0 Å². The monoisotopic (exact) mass is 547 g/mol. The molecular formula is C32H33N7O2. The number of aromatic nitrogens is 3. The van der Waals surface area contributed by atoms with Gasteiger partial charge in [-0.2, -0.15) is 10.4 Å². The van der Waals surface area contributed by atoms with Crippen LogP contribution < -0.4 is 10.6 Å². The van der Waals surface area contributed by atoms with Crippen LogP contribution in [0.5, 0.6) is 0 Å². The fourth-order valence-electron chi connectivity index (χ4n) is 5.28. The van der Waals surface area contributed by atoms with Crippen LogP contribution in [0.1, 0.15) is 52.3 Å². The molecule has 41 heavy (non-hydrogen) atoms. The van der Waals surface area contributed by atoms with E-state index in [0.29, 0.717) is 23.2 Å². The number of H-pyrrole nitrogens is 1. The van der Waals surface area contributed by atoms with Crippen molar-refractivity contribution >= 4 is 29.2 Å². The second-order valence-electron chi connectivity index (χ2n) is 10.0. The lowest BCUT2D eigenvalue weighted by molar-refractivity contribution is -0.110. The summed E-state index contributed by atoms with van der Waals surface area (Å²) in [6, 6.07) is 17.1. The van der Waals surface area contributed by atoms with E-state index in [9.17, 15) is 14.9 Å². The second kappa shape index (κ2) is 11.7. The molecular weight excluding hydrogens is 514 g/mol. The van der Waals surface area contributed by atoms with E-state index in [-0.39, 0.29) is 11.8 Å². The number of nitriles is 1. The molecule has 2 aromatic carbocycles. The van der Waals surface area contributed by atoms with Gasteiger partial charge in [0.15, 0.2) is 0 Å². The van der Waals surface area contributed by atoms with Crippen molar-refractivity contribution in [2.24, 2.45) is 0 Å². The van der Waals surface area contributed by atoms with Crippen molar-refractivity contribution in [3.63, 3.8) is 0 Å². The number of aryl methyl sites for hydroxylation is 1. The number of likely N-dealkylation sites (N-methyl/N-ethyl adjacent to an activating group) is 1. The largest absolute Gasteiger partial charge is 0.358 e. The van der Waals surface area contributed by atoms with Gasteiger partial charge in [0.1, 0.15) is 0 Å². The maximum Gasteiger partial charge on any atom is 0.256 e. The maximum absolute atomic E-state index is 13.1. The van der Waals surface area contributed by atoms with E-state index in [0.717, 1.165) is 64.8 Å². The minimum absolute atomic E-state index is 0.125. The van der Waals surface area contributed by atoms with Gasteiger partial charge >= 0.3 is 0 Å². The number of carbonyl (C=O) groups is 2. The van der Waals surface area contributed by atoms with Crippen molar-refractivity contribution in [3.8, 4) is 23.0 Å². The highest BCUT2D eigenvalue weighted by Gasteiger charge is 2.26. The summed E-state index contributed by atoms with van der Waals surface area (Å²) in [5, 5.41) is 19.8. The predicted molar refractivity (Wildman–Crippen MR) is 161 cm³/mol. The van der Waals surface area contributed by atoms with Crippen LogP contribution in [0.15, 0.2) is 54.7 Å². The highest BCUT2D eigenvalue weighted by Crippen LogP contribution is 2.37. The minimum Gasteiger partial charge on any atom is -0.358 e. The summed E-state index contributed by atoms with van der Waals surface area (Å²) in [5.41, 5.74) is 7.90. The van der Waals surface area contributed by atoms with E-state index in [4.69, 9.17) is 0 Å². The topological polar surface area (TPSA) is 119 Å². The molecule has 0 fully saturated rings. The lowest BCUT2D eigenvalue weighted by Gasteiger charge is -2.18. The number of aromatic amines is 1. The fraction of sp³-hybridized carbons (Fsp3) is 0.250. The van der Waals surface area contributed by atoms with E-state index in [1.165, 1.54) is 0 Å². The number of benzene rings is 2. The maximum atomic E-state index is 13.1. The Hall–Kier alpha value is -4.94. The lowest BCUT2D eigenvalue weighted by Crippen LogP contribution is -2.35. The van der Waals surface area contributed by atoms with Gasteiger partial charge in [-0.25, -0.2) is 4.68 Å². The van der Waals surface area contributed by atoms with Gasteiger partial charge < -0.3 is 20.5 Å². The van der Waals surface area contributed by atoms with Gasteiger partial charge in [-0.05, 0) is 75.0 Å². The highest BCUT2D eigenvalue weighted by atomic mass is 16.2. The molecule has 9 heteroatoms. The number of amides is 2. The number of hydrogen-bond donors (Lipinski definition) is 3. The van der Waals surface area contributed by atoms with Crippen LogP contribution in [0.2, 0.25) is 0 Å². The summed E-state index contributed by atoms with van der Waals surface area (Å²) in [6.07, 6.45) is 3.52. The molecule has 3 N–H and O–H groups in total. The highest BCUT2D eigenvalue weighted by molar-refractivity contribution is 6.35. The van der Waals surface area contributed by atoms with Crippen molar-refractivity contribution in [3.05, 3.63) is 88.4 Å². The zero-order chi connectivity index (χ0) is 29.1. The molecule has 0 saturated heterocycles. The van der Waals surface area contributed by atoms with Crippen molar-refractivity contribution < 1.29 is 9.59 Å². The first kappa shape index (κ1) is 27.6. The summed E-state index contributed by atoms with van der Waals surface area (Å²) in [5.74, 6) is -0.329. The van der Waals surface area contributed by atoms with Gasteiger partial charge in [-0.15, -0.1) is 0 Å². The SMILES string of the molecule is CCN(CC)CCNC(=O)c1c(C)[nH]c(/C=C2\C(=O)Nc3ccc(-c4ccnn4-c4cccc(C#N)c4)cc32)c1C. The van der Waals surface area contributed by atoms with Crippen molar-refractivity contribution in [2.75, 3.05) is 31.5 Å². The van der Waals surface area contributed by atoms with E-state index in [2.05, 4.69) is 45.5 Å². The Kier molecular flexibility index (Phi) is 7.86. The molecule has 0 unspecified atom stereocenters. The van der Waals surface area contributed by atoms with Crippen LogP contribution in [0.4, 0.5) is 5.69 Å². The number of rotatable bonds is 9. The number of hydrogen-bond acceptors (Lipinski definition) is 5. The molecule has 0 aliphatic carbocycles. The van der Waals surface area contributed by atoms with Gasteiger partial charge in [0.05, 0.1) is 40.3 Å². The first-order valence-electron chi connectivity index (χ1n) is 13.8. The van der Waals surface area contributed by atoms with E-state index in [1.54, 1.807) is 23.0 Å². The molecule has 0 radical (unpaired) electrons. The van der Waals surface area contributed by atoms with E-state index < -0.39 is 0 Å². The molecule has 0 spiro atoms. The zero-order valence-corrected chi connectivity index (χ0v) is 23.7. The fourth-order valence-corrected chi connectivity index (χ4v) is 5.28. The van der Waals surface area contributed by atoms with Crippen LogP contribution in [-0.2, 0) is 4.79 Å². The van der Waals surface area contributed by atoms with Gasteiger partial charge in [-0.1, -0.05) is 26.0 Å². The van der Waals surface area contributed by atoms with Crippen molar-refractivity contribution in [2.45, 2.75) is 27.7 Å². The summed E-state index contributed by atoms with van der Waals surface area (Å²) in [6.45, 7) is 11.2. The molecule has 0 saturated carbocycles. The molecule has 0 bridgehead atoms. The smallest absolute Gasteiger partial charge is 0.256 e. The predicted octanol–water partition coefficient (Wildman–Crippen LogP) is 4.92. The molecule has 9 nitrogen and oxygen atoms in total. The number of carbonyl (C=O) groups excluding carboxylic acids is 2. The summed E-state index contributed by atoms with van der Waals surface area (Å²) < 4.78 is 1.78. The van der Waals surface area contributed by atoms with Gasteiger partial charge in [-0.3, -0.25) is 9.59 Å². The molecule has 2 amide bonds. The number of nitrogens with one attached hydrogen (secondary N) is 3. The average Bonchev–Trinajstić information content (AvgIpc) is 3.66. The first-order chi connectivity index (χ1) is 19.8. The third kappa shape index (κ3) is 5.42. The summed E-state index contributed by atoms with van der Waals surface area (Å²) in [7, 11) is 0. The molecule has 1 aliphatic rings. The molecule has 5 rings (SSSR count). The van der Waals surface area contributed by atoms with Gasteiger partial charge in [0.25, 0.3) is 11.8 Å². The van der Waals surface area contributed by atoms with Crippen molar-refractivity contribution in [1.82, 2.24) is 25.0 Å². The second-order valence-corrected chi connectivity index (χ2v) is 10.0. The quantitative estimate of drug-likeness (QED) is 0.257. The summed E-state index contributed by atoms with van der Waals surface area (Å²) >= 11 is 0. The normalized spacial score (nSPS) is 13.4. The van der Waals surface area contributed by atoms with Gasteiger partial charge in [0, 0.05) is 41.3 Å². The van der Waals surface area contributed by atoms with Crippen LogP contribution in [0.3, 0.4) is 0 Å². The van der Waals surface area contributed by atoms with Crippen LogP contribution in [0.25, 0.3) is 28.6 Å².